The van der Waals surface area contributed by atoms with Gasteiger partial charge in [0.25, 0.3) is 5.91 Å². The number of carbonyl (C=O) groups is 2. The molecule has 150 valence electrons. The average Bonchev–Trinajstić information content (AvgIpc) is 2.69. The molecule has 1 amide bonds. The third kappa shape index (κ3) is 5.64. The molecule has 0 aliphatic heterocycles. The van der Waals surface area contributed by atoms with Crippen LogP contribution < -0.4 is 19.5 Å². The summed E-state index contributed by atoms with van der Waals surface area (Å²) in [6.45, 7) is 6.11. The second kappa shape index (κ2) is 10.2. The van der Waals surface area contributed by atoms with Gasteiger partial charge in [-0.2, -0.15) is 0 Å². The van der Waals surface area contributed by atoms with Gasteiger partial charge in [0.1, 0.15) is 5.75 Å². The van der Waals surface area contributed by atoms with Gasteiger partial charge in [0.2, 0.25) is 0 Å². The van der Waals surface area contributed by atoms with Crippen molar-refractivity contribution in [3.05, 3.63) is 48.0 Å². The Kier molecular flexibility index (Phi) is 7.68. The molecule has 0 unspecified atom stereocenters. The van der Waals surface area contributed by atoms with E-state index in [0.717, 1.165) is 0 Å². The van der Waals surface area contributed by atoms with Crippen LogP contribution in [-0.2, 0) is 9.53 Å². The summed E-state index contributed by atoms with van der Waals surface area (Å²) in [4.78, 5) is 24.7. The second-order valence-electron chi connectivity index (χ2n) is 5.80. The molecule has 0 bridgehead atoms. The number of ether oxygens (including phenoxy) is 4. The Morgan fingerprint density at radius 2 is 1.71 bits per heavy atom. The van der Waals surface area contributed by atoms with Gasteiger partial charge >= 0.3 is 5.97 Å². The van der Waals surface area contributed by atoms with Crippen LogP contribution in [0.2, 0.25) is 0 Å². The zero-order valence-corrected chi connectivity index (χ0v) is 16.5. The molecular weight excluding hydrogens is 362 g/mol. The topological polar surface area (TPSA) is 83.1 Å². The molecule has 0 saturated heterocycles. The van der Waals surface area contributed by atoms with E-state index in [1.165, 1.54) is 6.92 Å². The zero-order valence-electron chi connectivity index (χ0n) is 16.5. The van der Waals surface area contributed by atoms with E-state index in [-0.39, 0.29) is 5.56 Å². The lowest BCUT2D eigenvalue weighted by Gasteiger charge is -2.15. The van der Waals surface area contributed by atoms with E-state index in [4.69, 9.17) is 18.9 Å². The van der Waals surface area contributed by atoms with Crippen LogP contribution in [0.1, 0.15) is 31.1 Å². The van der Waals surface area contributed by atoms with Crippen LogP contribution in [0, 0.1) is 0 Å². The van der Waals surface area contributed by atoms with Gasteiger partial charge in [-0.15, -0.1) is 0 Å². The van der Waals surface area contributed by atoms with Crippen LogP contribution in [0.15, 0.2) is 42.5 Å². The number of hydrogen-bond acceptors (Lipinski definition) is 6. The molecule has 0 aliphatic carbocycles. The molecule has 0 spiro atoms. The number of esters is 1. The van der Waals surface area contributed by atoms with Gasteiger partial charge in [0, 0.05) is 11.8 Å². The van der Waals surface area contributed by atoms with Crippen LogP contribution in [0.25, 0.3) is 0 Å². The second-order valence-corrected chi connectivity index (χ2v) is 5.80. The Morgan fingerprint density at radius 1 is 1.00 bits per heavy atom. The maximum Gasteiger partial charge on any atom is 0.339 e. The highest BCUT2D eigenvalue weighted by Crippen LogP contribution is 2.29. The van der Waals surface area contributed by atoms with Crippen molar-refractivity contribution in [2.45, 2.75) is 26.9 Å². The number of carbonyl (C=O) groups excluding carboxylic acids is 2. The smallest absolute Gasteiger partial charge is 0.339 e. The predicted molar refractivity (Wildman–Crippen MR) is 105 cm³/mol. The lowest BCUT2D eigenvalue weighted by Crippen LogP contribution is -2.30. The lowest BCUT2D eigenvalue weighted by molar-refractivity contribution is -0.123. The summed E-state index contributed by atoms with van der Waals surface area (Å²) in [6, 6.07) is 11.7. The summed E-state index contributed by atoms with van der Waals surface area (Å²) in [6.07, 6.45) is -0.985. The largest absolute Gasteiger partial charge is 0.497 e. The summed E-state index contributed by atoms with van der Waals surface area (Å²) in [5, 5.41) is 2.69. The van der Waals surface area contributed by atoms with Gasteiger partial charge in [0.05, 0.1) is 25.9 Å². The molecule has 0 saturated carbocycles. The molecule has 7 heteroatoms. The molecule has 7 nitrogen and oxygen atoms in total. The van der Waals surface area contributed by atoms with Gasteiger partial charge in [-0.1, -0.05) is 6.07 Å². The molecule has 0 heterocycles. The number of amides is 1. The summed E-state index contributed by atoms with van der Waals surface area (Å²) >= 11 is 0. The van der Waals surface area contributed by atoms with Gasteiger partial charge in [-0.05, 0) is 51.1 Å². The maximum absolute atomic E-state index is 12.4. The normalized spacial score (nSPS) is 11.3. The highest BCUT2D eigenvalue weighted by Gasteiger charge is 2.20. The Morgan fingerprint density at radius 3 is 2.39 bits per heavy atom. The van der Waals surface area contributed by atoms with E-state index in [9.17, 15) is 9.59 Å². The van der Waals surface area contributed by atoms with Crippen molar-refractivity contribution in [2.75, 3.05) is 25.6 Å². The van der Waals surface area contributed by atoms with Crippen molar-refractivity contribution >= 4 is 17.6 Å². The van der Waals surface area contributed by atoms with Crippen molar-refractivity contribution in [3.63, 3.8) is 0 Å². The molecule has 0 aliphatic rings. The summed E-state index contributed by atoms with van der Waals surface area (Å²) in [7, 11) is 1.54. The molecule has 2 aromatic rings. The van der Waals surface area contributed by atoms with E-state index in [2.05, 4.69) is 5.32 Å². The standard InChI is InChI=1S/C21H25NO6/c1-5-26-18-11-10-15(12-19(18)27-6-2)21(24)28-14(3)20(23)22-16-8-7-9-17(13-16)25-4/h7-14H,5-6H2,1-4H3,(H,22,23)/t14-/m0/s1. The van der Waals surface area contributed by atoms with E-state index >= 15 is 0 Å². The van der Waals surface area contributed by atoms with Gasteiger partial charge in [-0.25, -0.2) is 4.79 Å². The highest BCUT2D eigenvalue weighted by atomic mass is 16.5. The third-order valence-corrected chi connectivity index (χ3v) is 3.77. The van der Waals surface area contributed by atoms with E-state index in [1.807, 2.05) is 13.8 Å². The fraction of sp³-hybridized carbons (Fsp3) is 0.333. The molecule has 0 aromatic heterocycles. The molecule has 0 fully saturated rings. The molecular formula is C21H25NO6. The number of nitrogens with one attached hydrogen (secondary N) is 1. The first kappa shape index (κ1) is 21.1. The molecule has 1 atom stereocenters. The summed E-state index contributed by atoms with van der Waals surface area (Å²) in [5.74, 6) is 0.534. The fourth-order valence-electron chi connectivity index (χ4n) is 2.40. The fourth-order valence-corrected chi connectivity index (χ4v) is 2.40. The van der Waals surface area contributed by atoms with Crippen LogP contribution in [0.3, 0.4) is 0 Å². The molecule has 0 radical (unpaired) electrons. The highest BCUT2D eigenvalue weighted by molar-refractivity contribution is 5.97. The Labute approximate surface area is 164 Å². The van der Waals surface area contributed by atoms with E-state index in [0.29, 0.717) is 36.1 Å². The number of hydrogen-bond donors (Lipinski definition) is 1. The first-order valence-corrected chi connectivity index (χ1v) is 9.04. The quantitative estimate of drug-likeness (QED) is 0.661. The Balaban J connectivity index is 2.04. The molecule has 1 N–H and O–H groups in total. The van der Waals surface area contributed by atoms with Crippen molar-refractivity contribution < 1.29 is 28.5 Å². The number of rotatable bonds is 9. The minimum atomic E-state index is -0.985. The third-order valence-electron chi connectivity index (χ3n) is 3.77. The van der Waals surface area contributed by atoms with E-state index in [1.54, 1.807) is 49.6 Å². The number of methoxy groups -OCH3 is 1. The van der Waals surface area contributed by atoms with E-state index < -0.39 is 18.0 Å². The predicted octanol–water partition coefficient (Wildman–Crippen LogP) is 3.68. The molecule has 2 rings (SSSR count). The van der Waals surface area contributed by atoms with Crippen LogP contribution in [0.4, 0.5) is 5.69 Å². The van der Waals surface area contributed by atoms with Gasteiger partial charge in [0.15, 0.2) is 17.6 Å². The van der Waals surface area contributed by atoms with Gasteiger partial charge in [-0.3, -0.25) is 4.79 Å². The molecule has 2 aromatic carbocycles. The lowest BCUT2D eigenvalue weighted by atomic mass is 10.2. The first-order valence-electron chi connectivity index (χ1n) is 9.04. The zero-order chi connectivity index (χ0) is 20.5. The van der Waals surface area contributed by atoms with Crippen LogP contribution in [0.5, 0.6) is 17.2 Å². The number of anilines is 1. The minimum Gasteiger partial charge on any atom is -0.497 e. The van der Waals surface area contributed by atoms with Crippen LogP contribution >= 0.6 is 0 Å². The molecule has 28 heavy (non-hydrogen) atoms. The average molecular weight is 387 g/mol. The van der Waals surface area contributed by atoms with Gasteiger partial charge < -0.3 is 24.3 Å². The summed E-state index contributed by atoms with van der Waals surface area (Å²) in [5.41, 5.74) is 0.819. The number of benzene rings is 2. The maximum atomic E-state index is 12.4. The Hall–Kier alpha value is -3.22. The minimum absolute atomic E-state index is 0.271. The summed E-state index contributed by atoms with van der Waals surface area (Å²) < 4.78 is 21.4. The van der Waals surface area contributed by atoms with Crippen molar-refractivity contribution in [1.82, 2.24) is 0 Å². The van der Waals surface area contributed by atoms with Crippen molar-refractivity contribution in [1.29, 1.82) is 0 Å². The Bertz CT molecular complexity index is 820. The van der Waals surface area contributed by atoms with Crippen molar-refractivity contribution in [2.24, 2.45) is 0 Å². The van der Waals surface area contributed by atoms with Crippen molar-refractivity contribution in [3.8, 4) is 17.2 Å². The SMILES string of the molecule is CCOc1ccc(C(=O)O[C@@H](C)C(=O)Nc2cccc(OC)c2)cc1OCC. The first-order chi connectivity index (χ1) is 13.5. The monoisotopic (exact) mass is 387 g/mol. The van der Waals surface area contributed by atoms with Crippen LogP contribution in [-0.4, -0.2) is 38.3 Å².